The van der Waals surface area contributed by atoms with Crippen LogP contribution in [0, 0.1) is 28.6 Å². The molecule has 3 N–H and O–H groups in total. The molecule has 4 fully saturated rings. The lowest BCUT2D eigenvalue weighted by Gasteiger charge is -2.67. The number of carbonyl (C=O) groups is 2. The van der Waals surface area contributed by atoms with Gasteiger partial charge < -0.3 is 24.8 Å². The summed E-state index contributed by atoms with van der Waals surface area (Å²) in [6.07, 6.45) is -2.11. The summed E-state index contributed by atoms with van der Waals surface area (Å²) in [7, 11) is 0. The monoisotopic (exact) mass is 378 g/mol. The number of fused-ring (bicyclic) bond motifs is 2. The Morgan fingerprint density at radius 2 is 1.89 bits per heavy atom. The summed E-state index contributed by atoms with van der Waals surface area (Å²) < 4.78 is 11.8. The zero-order chi connectivity index (χ0) is 19.5. The lowest BCUT2D eigenvalue weighted by atomic mass is 9.38. The van der Waals surface area contributed by atoms with E-state index in [9.17, 15) is 24.9 Å². The standard InChI is InChI=1S/C20H26O7/c1-8-4-10(21)16(24)18(2)9(8)5-12-20-7-26-19(3,11(20)6-13(22)27-12)17(25)14(23)15(18)20/h4,9,11-12,14-17,23-25H,5-7H2,1-3H3/t9-,11-,12+,14+,15+,16+,17-,18-,19+,20+/m0/s1. The van der Waals surface area contributed by atoms with E-state index in [1.165, 1.54) is 6.08 Å². The lowest BCUT2D eigenvalue weighted by Crippen LogP contribution is -2.76. The average molecular weight is 378 g/mol. The molecule has 5 rings (SSSR count). The third kappa shape index (κ3) is 1.74. The summed E-state index contributed by atoms with van der Waals surface area (Å²) in [5, 5.41) is 33.1. The Morgan fingerprint density at radius 1 is 1.19 bits per heavy atom. The molecule has 2 aliphatic heterocycles. The van der Waals surface area contributed by atoms with Crippen LogP contribution in [-0.2, 0) is 19.1 Å². The van der Waals surface area contributed by atoms with Crippen molar-refractivity contribution in [2.45, 2.75) is 63.6 Å². The maximum atomic E-state index is 12.5. The van der Waals surface area contributed by atoms with Crippen LogP contribution >= 0.6 is 0 Å². The Morgan fingerprint density at radius 3 is 2.59 bits per heavy atom. The van der Waals surface area contributed by atoms with Crippen molar-refractivity contribution in [3.8, 4) is 0 Å². The van der Waals surface area contributed by atoms with E-state index in [1.54, 1.807) is 6.92 Å². The molecule has 0 aromatic carbocycles. The number of aliphatic hydroxyl groups excluding tert-OH is 3. The van der Waals surface area contributed by atoms with Crippen molar-refractivity contribution in [1.82, 2.24) is 0 Å². The van der Waals surface area contributed by atoms with E-state index >= 15 is 0 Å². The zero-order valence-corrected chi connectivity index (χ0v) is 15.7. The number of aliphatic hydroxyl groups is 3. The van der Waals surface area contributed by atoms with Crippen LogP contribution in [0.3, 0.4) is 0 Å². The first-order valence-electron chi connectivity index (χ1n) is 9.68. The highest BCUT2D eigenvalue weighted by molar-refractivity contribution is 5.96. The summed E-state index contributed by atoms with van der Waals surface area (Å²) in [4.78, 5) is 24.9. The first kappa shape index (κ1) is 17.8. The van der Waals surface area contributed by atoms with Gasteiger partial charge in [0.15, 0.2) is 5.78 Å². The van der Waals surface area contributed by atoms with Gasteiger partial charge in [-0.25, -0.2) is 0 Å². The number of carbonyl (C=O) groups excluding carboxylic acids is 2. The third-order valence-corrected chi connectivity index (χ3v) is 8.70. The fraction of sp³-hybridized carbons (Fsp3) is 0.800. The van der Waals surface area contributed by atoms with E-state index < -0.39 is 46.8 Å². The summed E-state index contributed by atoms with van der Waals surface area (Å²) in [5.41, 5.74) is -1.92. The molecule has 2 bridgehead atoms. The molecule has 27 heavy (non-hydrogen) atoms. The second-order valence-corrected chi connectivity index (χ2v) is 9.58. The minimum atomic E-state index is -1.28. The summed E-state index contributed by atoms with van der Waals surface area (Å²) >= 11 is 0. The largest absolute Gasteiger partial charge is 0.462 e. The van der Waals surface area contributed by atoms with Crippen molar-refractivity contribution >= 4 is 11.8 Å². The highest BCUT2D eigenvalue weighted by Crippen LogP contribution is 2.72. The number of hydrogen-bond donors (Lipinski definition) is 3. The molecule has 0 aromatic rings. The topological polar surface area (TPSA) is 113 Å². The van der Waals surface area contributed by atoms with Gasteiger partial charge >= 0.3 is 5.97 Å². The van der Waals surface area contributed by atoms with Gasteiger partial charge in [0.1, 0.15) is 18.3 Å². The van der Waals surface area contributed by atoms with Gasteiger partial charge in [0.2, 0.25) is 0 Å². The van der Waals surface area contributed by atoms with Crippen LogP contribution in [0.25, 0.3) is 0 Å². The number of hydrogen-bond acceptors (Lipinski definition) is 7. The molecule has 2 saturated heterocycles. The number of rotatable bonds is 0. The Kier molecular flexibility index (Phi) is 3.30. The average Bonchev–Trinajstić information content (AvgIpc) is 2.86. The van der Waals surface area contributed by atoms with Crippen LogP contribution in [0.4, 0.5) is 0 Å². The maximum Gasteiger partial charge on any atom is 0.306 e. The number of ether oxygens (including phenoxy) is 2. The molecule has 2 heterocycles. The lowest BCUT2D eigenvalue weighted by molar-refractivity contribution is -0.280. The molecule has 0 aromatic heterocycles. The zero-order valence-electron chi connectivity index (χ0n) is 15.7. The molecule has 0 unspecified atom stereocenters. The van der Waals surface area contributed by atoms with E-state index in [0.29, 0.717) is 6.42 Å². The van der Waals surface area contributed by atoms with Gasteiger partial charge in [0, 0.05) is 22.7 Å². The minimum absolute atomic E-state index is 0.104. The smallest absolute Gasteiger partial charge is 0.306 e. The molecule has 0 amide bonds. The van der Waals surface area contributed by atoms with Gasteiger partial charge in [0.25, 0.3) is 0 Å². The molecule has 1 spiro atoms. The molecule has 2 saturated carbocycles. The van der Waals surface area contributed by atoms with Crippen LogP contribution in [0.15, 0.2) is 11.6 Å². The Hall–Kier alpha value is -1.28. The summed E-state index contributed by atoms with van der Waals surface area (Å²) in [5.74, 6) is -1.88. The molecular weight excluding hydrogens is 352 g/mol. The van der Waals surface area contributed by atoms with Crippen molar-refractivity contribution in [1.29, 1.82) is 0 Å². The number of esters is 1. The SMILES string of the molecule is CC1=CC(=O)[C@@H](O)[C@]2(C)[C@H]3[C@@H](O)[C@H](O)[C@]4(C)OC[C@@]35[C@@H](C[C@@H]12)OC(=O)C[C@@H]45. The van der Waals surface area contributed by atoms with E-state index in [1.807, 2.05) is 13.8 Å². The number of ketones is 1. The van der Waals surface area contributed by atoms with Gasteiger partial charge in [0.05, 0.1) is 24.7 Å². The molecule has 7 heteroatoms. The van der Waals surface area contributed by atoms with Gasteiger partial charge in [-0.2, -0.15) is 0 Å². The predicted octanol–water partition coefficient (Wildman–Crippen LogP) is -0.0389. The van der Waals surface area contributed by atoms with E-state index in [2.05, 4.69) is 0 Å². The maximum absolute atomic E-state index is 12.5. The fourth-order valence-electron chi connectivity index (χ4n) is 7.49. The molecule has 7 nitrogen and oxygen atoms in total. The van der Waals surface area contributed by atoms with Crippen molar-refractivity contribution in [3.63, 3.8) is 0 Å². The summed E-state index contributed by atoms with van der Waals surface area (Å²) in [6.45, 7) is 5.65. The molecule has 3 aliphatic carbocycles. The molecule has 10 atom stereocenters. The quantitative estimate of drug-likeness (QED) is 0.507. The second-order valence-electron chi connectivity index (χ2n) is 9.58. The Balaban J connectivity index is 1.77. The molecule has 0 radical (unpaired) electrons. The van der Waals surface area contributed by atoms with E-state index in [0.717, 1.165) is 5.57 Å². The predicted molar refractivity (Wildman–Crippen MR) is 91.3 cm³/mol. The summed E-state index contributed by atoms with van der Waals surface area (Å²) in [6, 6.07) is 0. The minimum Gasteiger partial charge on any atom is -0.462 e. The van der Waals surface area contributed by atoms with Crippen LogP contribution in [0.5, 0.6) is 0 Å². The van der Waals surface area contributed by atoms with Gasteiger partial charge in [-0.15, -0.1) is 0 Å². The normalized spacial score (nSPS) is 58.9. The van der Waals surface area contributed by atoms with Crippen LogP contribution in [-0.4, -0.2) is 63.7 Å². The molecule has 5 aliphatic rings. The third-order valence-electron chi connectivity index (χ3n) is 8.70. The first-order valence-corrected chi connectivity index (χ1v) is 9.68. The highest BCUT2D eigenvalue weighted by atomic mass is 16.6. The molecule has 148 valence electrons. The Labute approximate surface area is 157 Å². The van der Waals surface area contributed by atoms with Crippen LogP contribution in [0.1, 0.15) is 33.6 Å². The van der Waals surface area contributed by atoms with E-state index in [-0.39, 0.29) is 36.6 Å². The van der Waals surface area contributed by atoms with Crippen LogP contribution in [0.2, 0.25) is 0 Å². The van der Waals surface area contributed by atoms with Crippen molar-refractivity contribution in [2.75, 3.05) is 6.61 Å². The molecular formula is C20H26O7. The van der Waals surface area contributed by atoms with Crippen molar-refractivity contribution < 1.29 is 34.4 Å². The van der Waals surface area contributed by atoms with Crippen molar-refractivity contribution in [3.05, 3.63) is 11.6 Å². The van der Waals surface area contributed by atoms with Gasteiger partial charge in [-0.3, -0.25) is 9.59 Å². The second kappa shape index (κ2) is 5.00. The van der Waals surface area contributed by atoms with Gasteiger partial charge in [-0.05, 0) is 32.3 Å². The first-order chi connectivity index (χ1) is 12.6. The number of allylic oxidation sites excluding steroid dienone is 1. The van der Waals surface area contributed by atoms with Crippen molar-refractivity contribution in [2.24, 2.45) is 28.6 Å². The van der Waals surface area contributed by atoms with Crippen LogP contribution < -0.4 is 0 Å². The van der Waals surface area contributed by atoms with E-state index in [4.69, 9.17) is 9.47 Å². The fourth-order valence-corrected chi connectivity index (χ4v) is 7.49. The Bertz CT molecular complexity index is 776. The van der Waals surface area contributed by atoms with Gasteiger partial charge in [-0.1, -0.05) is 12.5 Å². The highest BCUT2D eigenvalue weighted by Gasteiger charge is 2.80.